The Bertz CT molecular complexity index is 349. The molecule has 1 nitrogen and oxygen atoms in total. The van der Waals surface area contributed by atoms with E-state index in [9.17, 15) is 4.39 Å². The lowest BCUT2D eigenvalue weighted by Crippen LogP contribution is -2.10. The molecule has 15 heavy (non-hydrogen) atoms. The van der Waals surface area contributed by atoms with Crippen molar-refractivity contribution in [2.24, 2.45) is 5.73 Å². The topological polar surface area (TPSA) is 26.0 Å². The number of halogens is 2. The van der Waals surface area contributed by atoms with Crippen LogP contribution in [0.1, 0.15) is 30.5 Å². The molecule has 0 saturated carbocycles. The van der Waals surface area contributed by atoms with Crippen molar-refractivity contribution in [1.29, 1.82) is 0 Å². The molecule has 3 heteroatoms. The second-order valence-corrected chi connectivity index (χ2v) is 3.78. The quantitative estimate of drug-likeness (QED) is 0.789. The molecule has 0 saturated heterocycles. The zero-order chi connectivity index (χ0) is 10.7. The first kappa shape index (κ1) is 14.1. The summed E-state index contributed by atoms with van der Waals surface area (Å²) in [6.07, 6.45) is 0.697. The number of rotatable bonds is 3. The molecule has 0 spiro atoms. The van der Waals surface area contributed by atoms with Crippen molar-refractivity contribution < 1.29 is 4.39 Å². The SMILES string of the molecule is C=C(C)C[C@H](N)c1ccc(C)c(F)c1.Cl. The highest BCUT2D eigenvalue weighted by Crippen LogP contribution is 2.19. The van der Waals surface area contributed by atoms with Crippen molar-refractivity contribution in [3.05, 3.63) is 47.3 Å². The maximum Gasteiger partial charge on any atom is 0.126 e. The van der Waals surface area contributed by atoms with E-state index in [1.54, 1.807) is 13.0 Å². The average molecular weight is 230 g/mol. The summed E-state index contributed by atoms with van der Waals surface area (Å²) in [5.41, 5.74) is 8.38. The summed E-state index contributed by atoms with van der Waals surface area (Å²) < 4.78 is 13.2. The molecular formula is C12H17ClFN. The van der Waals surface area contributed by atoms with Crippen molar-refractivity contribution in [3.63, 3.8) is 0 Å². The number of nitrogens with two attached hydrogens (primary N) is 1. The van der Waals surface area contributed by atoms with Crippen LogP contribution in [0.2, 0.25) is 0 Å². The molecule has 1 aromatic carbocycles. The highest BCUT2D eigenvalue weighted by atomic mass is 35.5. The standard InChI is InChI=1S/C12H16FN.ClH/c1-8(2)6-12(14)10-5-4-9(3)11(13)7-10;/h4-5,7,12H,1,6,14H2,2-3H3;1H/t12-;/m0./s1. The van der Waals surface area contributed by atoms with Gasteiger partial charge in [0.25, 0.3) is 0 Å². The largest absolute Gasteiger partial charge is 0.324 e. The summed E-state index contributed by atoms with van der Waals surface area (Å²) in [6, 6.07) is 4.97. The van der Waals surface area contributed by atoms with E-state index in [0.717, 1.165) is 11.1 Å². The summed E-state index contributed by atoms with van der Waals surface area (Å²) in [4.78, 5) is 0. The minimum Gasteiger partial charge on any atom is -0.324 e. The molecule has 0 aromatic heterocycles. The van der Waals surface area contributed by atoms with Gasteiger partial charge in [-0.1, -0.05) is 17.7 Å². The third-order valence-electron chi connectivity index (χ3n) is 2.19. The fraction of sp³-hybridized carbons (Fsp3) is 0.333. The highest BCUT2D eigenvalue weighted by Gasteiger charge is 2.07. The lowest BCUT2D eigenvalue weighted by atomic mass is 10.00. The van der Waals surface area contributed by atoms with Gasteiger partial charge in [-0.15, -0.1) is 19.0 Å². The highest BCUT2D eigenvalue weighted by molar-refractivity contribution is 5.85. The molecule has 0 heterocycles. The summed E-state index contributed by atoms with van der Waals surface area (Å²) in [5.74, 6) is -0.195. The Labute approximate surface area is 96.6 Å². The Balaban J connectivity index is 0.00000196. The van der Waals surface area contributed by atoms with Crippen LogP contribution in [-0.2, 0) is 0 Å². The van der Waals surface area contributed by atoms with Crippen LogP contribution in [0.3, 0.4) is 0 Å². The molecule has 1 atom stereocenters. The van der Waals surface area contributed by atoms with Crippen molar-refractivity contribution >= 4 is 12.4 Å². The van der Waals surface area contributed by atoms with Crippen LogP contribution in [0.25, 0.3) is 0 Å². The summed E-state index contributed by atoms with van der Waals surface area (Å²) >= 11 is 0. The van der Waals surface area contributed by atoms with Crippen molar-refractivity contribution in [2.75, 3.05) is 0 Å². The number of benzene rings is 1. The fourth-order valence-corrected chi connectivity index (χ4v) is 1.33. The van der Waals surface area contributed by atoms with E-state index in [-0.39, 0.29) is 24.3 Å². The van der Waals surface area contributed by atoms with Gasteiger partial charge < -0.3 is 5.73 Å². The molecule has 0 aliphatic heterocycles. The number of hydrogen-bond donors (Lipinski definition) is 1. The van der Waals surface area contributed by atoms with E-state index in [4.69, 9.17) is 5.73 Å². The molecule has 1 aromatic rings. The lowest BCUT2D eigenvalue weighted by Gasteiger charge is -2.12. The van der Waals surface area contributed by atoms with Crippen molar-refractivity contribution in [1.82, 2.24) is 0 Å². The summed E-state index contributed by atoms with van der Waals surface area (Å²) in [6.45, 7) is 7.45. The molecule has 0 radical (unpaired) electrons. The Kier molecular flexibility index (Phi) is 5.55. The van der Waals surface area contributed by atoms with Gasteiger partial charge in [0.15, 0.2) is 0 Å². The average Bonchev–Trinajstić information content (AvgIpc) is 2.08. The predicted octanol–water partition coefficient (Wildman–Crippen LogP) is 3.52. The molecule has 0 aliphatic rings. The number of hydrogen-bond acceptors (Lipinski definition) is 1. The second-order valence-electron chi connectivity index (χ2n) is 3.78. The number of aryl methyl sites for hydroxylation is 1. The first-order valence-corrected chi connectivity index (χ1v) is 4.66. The zero-order valence-corrected chi connectivity index (χ0v) is 9.90. The Hall–Kier alpha value is -0.860. The molecule has 1 rings (SSSR count). The van der Waals surface area contributed by atoms with Gasteiger partial charge in [-0.2, -0.15) is 0 Å². The third-order valence-corrected chi connectivity index (χ3v) is 2.19. The van der Waals surface area contributed by atoms with Crippen LogP contribution in [0, 0.1) is 12.7 Å². The first-order chi connectivity index (χ1) is 6.50. The molecular weight excluding hydrogens is 213 g/mol. The Morgan fingerprint density at radius 3 is 2.60 bits per heavy atom. The van der Waals surface area contributed by atoms with E-state index in [2.05, 4.69) is 6.58 Å². The van der Waals surface area contributed by atoms with Crippen LogP contribution >= 0.6 is 12.4 Å². The van der Waals surface area contributed by atoms with Gasteiger partial charge in [0.1, 0.15) is 5.82 Å². The monoisotopic (exact) mass is 229 g/mol. The first-order valence-electron chi connectivity index (χ1n) is 4.66. The molecule has 0 fully saturated rings. The van der Waals surface area contributed by atoms with Crippen molar-refractivity contribution in [3.8, 4) is 0 Å². The predicted molar refractivity (Wildman–Crippen MR) is 64.7 cm³/mol. The third kappa shape index (κ3) is 4.02. The molecule has 2 N–H and O–H groups in total. The fourth-order valence-electron chi connectivity index (χ4n) is 1.33. The van der Waals surface area contributed by atoms with E-state index in [1.165, 1.54) is 6.07 Å². The van der Waals surface area contributed by atoms with E-state index in [1.807, 2.05) is 13.0 Å². The van der Waals surface area contributed by atoms with Crippen molar-refractivity contribution in [2.45, 2.75) is 26.3 Å². The van der Waals surface area contributed by atoms with E-state index >= 15 is 0 Å². The maximum atomic E-state index is 13.2. The molecule has 0 unspecified atom stereocenters. The zero-order valence-electron chi connectivity index (χ0n) is 9.09. The molecule has 0 amide bonds. The van der Waals surface area contributed by atoms with Gasteiger partial charge in [0.05, 0.1) is 0 Å². The van der Waals surface area contributed by atoms with Crippen LogP contribution in [-0.4, -0.2) is 0 Å². The van der Waals surface area contributed by atoms with Crippen LogP contribution in [0.5, 0.6) is 0 Å². The van der Waals surface area contributed by atoms with E-state index in [0.29, 0.717) is 12.0 Å². The van der Waals surface area contributed by atoms with E-state index < -0.39 is 0 Å². The van der Waals surface area contributed by atoms with Gasteiger partial charge >= 0.3 is 0 Å². The molecule has 84 valence electrons. The van der Waals surface area contributed by atoms with Gasteiger partial charge in [-0.3, -0.25) is 0 Å². The summed E-state index contributed by atoms with van der Waals surface area (Å²) in [7, 11) is 0. The van der Waals surface area contributed by atoms with Gasteiger partial charge in [0.2, 0.25) is 0 Å². The smallest absolute Gasteiger partial charge is 0.126 e. The summed E-state index contributed by atoms with van der Waals surface area (Å²) in [5, 5.41) is 0. The van der Waals surface area contributed by atoms with Crippen LogP contribution < -0.4 is 5.73 Å². The van der Waals surface area contributed by atoms with Crippen LogP contribution in [0.4, 0.5) is 4.39 Å². The Morgan fingerprint density at radius 2 is 2.13 bits per heavy atom. The minimum absolute atomic E-state index is 0. The Morgan fingerprint density at radius 1 is 1.53 bits per heavy atom. The second kappa shape index (κ2) is 5.89. The molecule has 0 bridgehead atoms. The van der Waals surface area contributed by atoms with Gasteiger partial charge in [0, 0.05) is 6.04 Å². The normalized spacial score (nSPS) is 11.7. The lowest BCUT2D eigenvalue weighted by molar-refractivity contribution is 0.609. The minimum atomic E-state index is -0.195. The van der Waals surface area contributed by atoms with Crippen LogP contribution in [0.15, 0.2) is 30.4 Å². The molecule has 0 aliphatic carbocycles. The maximum absolute atomic E-state index is 13.2. The van der Waals surface area contributed by atoms with Gasteiger partial charge in [-0.25, -0.2) is 4.39 Å². The van der Waals surface area contributed by atoms with Gasteiger partial charge in [-0.05, 0) is 37.5 Å².